The van der Waals surface area contributed by atoms with Gasteiger partial charge in [-0.2, -0.15) is 0 Å². The summed E-state index contributed by atoms with van der Waals surface area (Å²) in [5.74, 6) is -1.86. The Morgan fingerprint density at radius 1 is 1.25 bits per heavy atom. The van der Waals surface area contributed by atoms with Crippen molar-refractivity contribution in [3.05, 3.63) is 53.2 Å². The standard InChI is InChI=1S/C16H11ClN2O4S/c17-9-3-5-10(6-4-9)19-13(20)8-12(15(19)21)24-14-11(16(22)23)2-1-7-18-14/h1-7,12H,8H2,(H,22,23)/t12-/m0/s1. The molecule has 1 N–H and O–H groups in total. The number of aromatic carboxylic acids is 1. The third-order valence-corrected chi connectivity index (χ3v) is 4.90. The number of anilines is 1. The first-order valence-corrected chi connectivity index (χ1v) is 8.20. The van der Waals surface area contributed by atoms with Crippen LogP contribution in [0.3, 0.4) is 0 Å². The lowest BCUT2D eigenvalue weighted by Gasteiger charge is -2.15. The van der Waals surface area contributed by atoms with Crippen LogP contribution in [-0.4, -0.2) is 33.1 Å². The SMILES string of the molecule is O=C(O)c1cccnc1S[C@H]1CC(=O)N(c2ccc(Cl)cc2)C1=O. The zero-order valence-electron chi connectivity index (χ0n) is 12.2. The molecule has 8 heteroatoms. The van der Waals surface area contributed by atoms with Gasteiger partial charge in [0, 0.05) is 17.6 Å². The molecule has 0 unspecified atom stereocenters. The van der Waals surface area contributed by atoms with E-state index in [4.69, 9.17) is 11.6 Å². The van der Waals surface area contributed by atoms with Crippen LogP contribution in [0.4, 0.5) is 5.69 Å². The molecular formula is C16H11ClN2O4S. The molecule has 1 saturated heterocycles. The molecule has 0 saturated carbocycles. The van der Waals surface area contributed by atoms with Crippen LogP contribution in [0.5, 0.6) is 0 Å². The molecule has 2 aromatic rings. The predicted molar refractivity (Wildman–Crippen MR) is 89.4 cm³/mol. The number of rotatable bonds is 4. The van der Waals surface area contributed by atoms with Gasteiger partial charge in [-0.3, -0.25) is 9.59 Å². The average Bonchev–Trinajstić information content (AvgIpc) is 2.83. The van der Waals surface area contributed by atoms with E-state index >= 15 is 0 Å². The molecule has 122 valence electrons. The largest absolute Gasteiger partial charge is 0.478 e. The van der Waals surface area contributed by atoms with Gasteiger partial charge in [0.1, 0.15) is 5.03 Å². The fraction of sp³-hybridized carbons (Fsp3) is 0.125. The minimum absolute atomic E-state index is 0.00712. The highest BCUT2D eigenvalue weighted by atomic mass is 35.5. The summed E-state index contributed by atoms with van der Waals surface area (Å²) >= 11 is 6.81. The highest BCUT2D eigenvalue weighted by molar-refractivity contribution is 8.00. The smallest absolute Gasteiger partial charge is 0.338 e. The maximum atomic E-state index is 12.6. The van der Waals surface area contributed by atoms with Gasteiger partial charge in [-0.15, -0.1) is 0 Å². The number of thioether (sulfide) groups is 1. The maximum absolute atomic E-state index is 12.6. The minimum atomic E-state index is -1.13. The summed E-state index contributed by atoms with van der Waals surface area (Å²) in [6.07, 6.45) is 1.44. The van der Waals surface area contributed by atoms with Gasteiger partial charge in [0.2, 0.25) is 11.8 Å². The van der Waals surface area contributed by atoms with Crippen molar-refractivity contribution in [1.82, 2.24) is 4.98 Å². The molecule has 1 aromatic heterocycles. The number of amides is 2. The third kappa shape index (κ3) is 3.13. The molecule has 1 fully saturated rings. The van der Waals surface area contributed by atoms with Crippen molar-refractivity contribution in [2.24, 2.45) is 0 Å². The van der Waals surface area contributed by atoms with Crippen molar-refractivity contribution in [2.75, 3.05) is 4.90 Å². The lowest BCUT2D eigenvalue weighted by atomic mass is 10.3. The number of imide groups is 1. The third-order valence-electron chi connectivity index (χ3n) is 3.45. The quantitative estimate of drug-likeness (QED) is 0.841. The molecular weight excluding hydrogens is 352 g/mol. The number of hydrogen-bond donors (Lipinski definition) is 1. The lowest BCUT2D eigenvalue weighted by Crippen LogP contribution is -2.31. The van der Waals surface area contributed by atoms with Crippen molar-refractivity contribution in [3.8, 4) is 0 Å². The van der Waals surface area contributed by atoms with Gasteiger partial charge in [0.25, 0.3) is 0 Å². The van der Waals surface area contributed by atoms with E-state index < -0.39 is 17.1 Å². The zero-order chi connectivity index (χ0) is 17.3. The number of carboxylic acid groups (broad SMARTS) is 1. The van der Waals surface area contributed by atoms with E-state index in [0.717, 1.165) is 16.7 Å². The summed E-state index contributed by atoms with van der Waals surface area (Å²) in [5.41, 5.74) is 0.449. The number of hydrogen-bond acceptors (Lipinski definition) is 5. The van der Waals surface area contributed by atoms with Gasteiger partial charge in [-0.25, -0.2) is 14.7 Å². The van der Waals surface area contributed by atoms with Crippen molar-refractivity contribution < 1.29 is 19.5 Å². The van der Waals surface area contributed by atoms with Gasteiger partial charge >= 0.3 is 5.97 Å². The molecule has 3 rings (SSSR count). The summed E-state index contributed by atoms with van der Waals surface area (Å²) in [7, 11) is 0. The highest BCUT2D eigenvalue weighted by Gasteiger charge is 2.40. The van der Waals surface area contributed by atoms with E-state index in [0.29, 0.717) is 10.7 Å². The Hall–Kier alpha value is -2.38. The van der Waals surface area contributed by atoms with Crippen LogP contribution in [0.15, 0.2) is 47.6 Å². The average molecular weight is 363 g/mol. The van der Waals surface area contributed by atoms with Crippen LogP contribution in [0.1, 0.15) is 16.8 Å². The molecule has 1 aromatic carbocycles. The number of aromatic nitrogens is 1. The van der Waals surface area contributed by atoms with Gasteiger partial charge in [-0.05, 0) is 36.4 Å². The summed E-state index contributed by atoms with van der Waals surface area (Å²) in [6, 6.07) is 9.30. The number of carbonyl (C=O) groups excluding carboxylic acids is 2. The van der Waals surface area contributed by atoms with Crippen LogP contribution >= 0.6 is 23.4 Å². The topological polar surface area (TPSA) is 87.6 Å². The van der Waals surface area contributed by atoms with Crippen LogP contribution in [0, 0.1) is 0 Å². The normalized spacial score (nSPS) is 17.4. The van der Waals surface area contributed by atoms with Crippen molar-refractivity contribution in [3.63, 3.8) is 0 Å². The Labute approximate surface area is 146 Å². The number of carbonyl (C=O) groups is 3. The molecule has 0 bridgehead atoms. The Bertz CT molecular complexity index is 825. The molecule has 0 aliphatic carbocycles. The first-order valence-electron chi connectivity index (χ1n) is 6.94. The lowest BCUT2D eigenvalue weighted by molar-refractivity contribution is -0.121. The van der Waals surface area contributed by atoms with E-state index in [2.05, 4.69) is 4.98 Å². The summed E-state index contributed by atoms with van der Waals surface area (Å²) < 4.78 is 0. The second kappa shape index (κ2) is 6.62. The van der Waals surface area contributed by atoms with Gasteiger partial charge < -0.3 is 5.11 Å². The van der Waals surface area contributed by atoms with Crippen molar-refractivity contribution in [1.29, 1.82) is 0 Å². The summed E-state index contributed by atoms with van der Waals surface area (Å²) in [6.45, 7) is 0. The van der Waals surface area contributed by atoms with Crippen LogP contribution in [-0.2, 0) is 9.59 Å². The Kier molecular flexibility index (Phi) is 4.55. The van der Waals surface area contributed by atoms with Gasteiger partial charge in [0.15, 0.2) is 0 Å². The number of nitrogens with zero attached hydrogens (tertiary/aromatic N) is 2. The van der Waals surface area contributed by atoms with Crippen molar-refractivity contribution >= 4 is 46.8 Å². The number of pyridine rings is 1. The maximum Gasteiger partial charge on any atom is 0.338 e. The minimum Gasteiger partial charge on any atom is -0.478 e. The first-order chi connectivity index (χ1) is 11.5. The molecule has 24 heavy (non-hydrogen) atoms. The first kappa shape index (κ1) is 16.5. The molecule has 1 aliphatic rings. The molecule has 6 nitrogen and oxygen atoms in total. The second-order valence-corrected chi connectivity index (χ2v) is 6.64. The van der Waals surface area contributed by atoms with E-state index in [1.807, 2.05) is 0 Å². The van der Waals surface area contributed by atoms with Crippen molar-refractivity contribution in [2.45, 2.75) is 16.7 Å². The van der Waals surface area contributed by atoms with Crippen LogP contribution < -0.4 is 4.90 Å². The number of benzene rings is 1. The number of carboxylic acids is 1. The summed E-state index contributed by atoms with van der Waals surface area (Å²) in [5, 5.41) is 9.20. The molecule has 2 heterocycles. The van der Waals surface area contributed by atoms with Crippen LogP contribution in [0.25, 0.3) is 0 Å². The Morgan fingerprint density at radius 3 is 2.62 bits per heavy atom. The fourth-order valence-electron chi connectivity index (χ4n) is 2.34. The number of halogens is 1. The molecule has 1 atom stereocenters. The van der Waals surface area contributed by atoms with E-state index in [9.17, 15) is 19.5 Å². The molecule has 2 amide bonds. The van der Waals surface area contributed by atoms with E-state index in [1.54, 1.807) is 24.3 Å². The molecule has 0 spiro atoms. The Balaban J connectivity index is 1.85. The highest BCUT2D eigenvalue weighted by Crippen LogP contribution is 2.34. The Morgan fingerprint density at radius 2 is 1.96 bits per heavy atom. The van der Waals surface area contributed by atoms with E-state index in [1.165, 1.54) is 18.3 Å². The van der Waals surface area contributed by atoms with Gasteiger partial charge in [0.05, 0.1) is 16.5 Å². The summed E-state index contributed by atoms with van der Waals surface area (Å²) in [4.78, 5) is 41.1. The van der Waals surface area contributed by atoms with Crippen LogP contribution in [0.2, 0.25) is 5.02 Å². The molecule has 1 aliphatic heterocycles. The fourth-order valence-corrected chi connectivity index (χ4v) is 3.57. The van der Waals surface area contributed by atoms with E-state index in [-0.39, 0.29) is 22.9 Å². The predicted octanol–water partition coefficient (Wildman–Crippen LogP) is 2.86. The van der Waals surface area contributed by atoms with Gasteiger partial charge in [-0.1, -0.05) is 23.4 Å². The second-order valence-electron chi connectivity index (χ2n) is 5.02. The monoisotopic (exact) mass is 362 g/mol. The molecule has 0 radical (unpaired) electrons. The zero-order valence-corrected chi connectivity index (χ0v) is 13.8.